The first-order chi connectivity index (χ1) is 3.68. The molecule has 0 bridgehead atoms. The highest BCUT2D eigenvalue weighted by Crippen LogP contribution is 1.97. The fourth-order valence-corrected chi connectivity index (χ4v) is 0.233. The van der Waals surface area contributed by atoms with Gasteiger partial charge in [-0.1, -0.05) is 11.5 Å². The minimum atomic E-state index is 1.06. The van der Waals surface area contributed by atoms with Crippen molar-refractivity contribution >= 4 is 7.85 Å². The fraction of sp³-hybridized carbons (Fsp3) is 0.429. The summed E-state index contributed by atoms with van der Waals surface area (Å²) in [5, 5.41) is 0. The molecular formula is C7H9B. The molecule has 0 aromatic heterocycles. The van der Waals surface area contributed by atoms with Crippen LogP contribution in [-0.4, -0.2) is 7.85 Å². The van der Waals surface area contributed by atoms with Gasteiger partial charge >= 0.3 is 0 Å². The van der Waals surface area contributed by atoms with Crippen LogP contribution < -0.4 is 0 Å². The van der Waals surface area contributed by atoms with E-state index in [9.17, 15) is 0 Å². The molecule has 1 heteroatoms. The Morgan fingerprint density at radius 3 is 1.88 bits per heavy atom. The van der Waals surface area contributed by atoms with E-state index in [4.69, 9.17) is 7.85 Å². The first-order valence-corrected chi connectivity index (χ1v) is 2.54. The molecule has 0 nitrogen and oxygen atoms in total. The third-order valence-corrected chi connectivity index (χ3v) is 1.01. The second kappa shape index (κ2) is 3.38. The van der Waals surface area contributed by atoms with Crippen molar-refractivity contribution in [1.82, 2.24) is 0 Å². The molecule has 0 N–H and O–H groups in total. The number of hydrogen-bond acceptors (Lipinski definition) is 0. The largest absolute Gasteiger partial charge is 0.188 e. The van der Waals surface area contributed by atoms with Gasteiger partial charge in [-0.2, -0.15) is 5.82 Å². The number of allylic oxidation sites excluding steroid dienone is 2. The monoisotopic (exact) mass is 104 g/mol. The van der Waals surface area contributed by atoms with Crippen LogP contribution in [0.15, 0.2) is 11.1 Å². The predicted molar refractivity (Wildman–Crippen MR) is 37.6 cm³/mol. The van der Waals surface area contributed by atoms with Crippen molar-refractivity contribution < 1.29 is 0 Å². The Labute approximate surface area is 52.4 Å². The van der Waals surface area contributed by atoms with Gasteiger partial charge < -0.3 is 0 Å². The summed E-state index contributed by atoms with van der Waals surface area (Å²) in [6.45, 7) is 5.98. The summed E-state index contributed by atoms with van der Waals surface area (Å²) in [6.07, 6.45) is 0. The van der Waals surface area contributed by atoms with Crippen molar-refractivity contribution in [1.29, 1.82) is 0 Å². The zero-order chi connectivity index (χ0) is 6.57. The second-order valence-corrected chi connectivity index (χ2v) is 1.89. The van der Waals surface area contributed by atoms with E-state index in [-0.39, 0.29) is 0 Å². The quantitative estimate of drug-likeness (QED) is 0.322. The number of rotatable bonds is 0. The van der Waals surface area contributed by atoms with Crippen molar-refractivity contribution in [2.45, 2.75) is 20.8 Å². The molecule has 0 saturated heterocycles. The van der Waals surface area contributed by atoms with Crippen LogP contribution in [0.2, 0.25) is 0 Å². The zero-order valence-corrected chi connectivity index (χ0v) is 5.58. The molecule has 0 atom stereocenters. The molecule has 0 saturated carbocycles. The van der Waals surface area contributed by atoms with Crippen molar-refractivity contribution in [2.24, 2.45) is 0 Å². The standard InChI is InChI=1S/C7H9B/c1-6(2)7(3)4-5-8/h1-3H3. The predicted octanol–water partition coefficient (Wildman–Crippen LogP) is 1.47. The molecule has 40 valence electrons. The summed E-state index contributed by atoms with van der Waals surface area (Å²) in [5.74, 6) is 5.09. The second-order valence-electron chi connectivity index (χ2n) is 1.89. The van der Waals surface area contributed by atoms with E-state index in [0.717, 1.165) is 5.57 Å². The molecule has 0 aliphatic rings. The molecule has 8 heavy (non-hydrogen) atoms. The average Bonchev–Trinajstić information content (AvgIpc) is 1.67. The molecule has 0 unspecified atom stereocenters. The lowest BCUT2D eigenvalue weighted by Crippen LogP contribution is -1.72. The van der Waals surface area contributed by atoms with Gasteiger partial charge in [-0.25, -0.2) is 0 Å². The summed E-state index contributed by atoms with van der Waals surface area (Å²) in [7, 11) is 4.97. The molecule has 0 aromatic carbocycles. The minimum Gasteiger partial charge on any atom is -0.167 e. The van der Waals surface area contributed by atoms with E-state index in [1.807, 2.05) is 20.8 Å². The highest BCUT2D eigenvalue weighted by Gasteiger charge is 1.80. The Bertz CT molecular complexity index is 151. The van der Waals surface area contributed by atoms with E-state index in [1.54, 1.807) is 0 Å². The lowest BCUT2D eigenvalue weighted by atomic mass is 10.1. The van der Waals surface area contributed by atoms with Gasteiger partial charge in [0.1, 0.15) is 0 Å². The Kier molecular flexibility index (Phi) is 3.11. The van der Waals surface area contributed by atoms with Crippen LogP contribution in [0.1, 0.15) is 20.8 Å². The van der Waals surface area contributed by atoms with Crippen LogP contribution in [0.4, 0.5) is 0 Å². The van der Waals surface area contributed by atoms with Gasteiger partial charge in [0, 0.05) is 0 Å². The molecule has 0 aromatic rings. The molecule has 0 amide bonds. The summed E-state index contributed by atoms with van der Waals surface area (Å²) in [4.78, 5) is 0. The zero-order valence-electron chi connectivity index (χ0n) is 5.58. The fourth-order valence-electron chi connectivity index (χ4n) is 0.233. The van der Waals surface area contributed by atoms with E-state index >= 15 is 0 Å². The highest BCUT2D eigenvalue weighted by atomic mass is 13.8. The van der Waals surface area contributed by atoms with Gasteiger partial charge in [0.2, 0.25) is 0 Å². The van der Waals surface area contributed by atoms with E-state index in [2.05, 4.69) is 11.7 Å². The lowest BCUT2D eigenvalue weighted by Gasteiger charge is -1.88. The first-order valence-electron chi connectivity index (χ1n) is 2.54. The summed E-state index contributed by atoms with van der Waals surface area (Å²) >= 11 is 0. The van der Waals surface area contributed by atoms with Crippen molar-refractivity contribution in [2.75, 3.05) is 0 Å². The highest BCUT2D eigenvalue weighted by molar-refractivity contribution is 6.22. The van der Waals surface area contributed by atoms with Gasteiger partial charge in [0.25, 0.3) is 0 Å². The van der Waals surface area contributed by atoms with Gasteiger partial charge in [0.15, 0.2) is 7.85 Å². The SMILES string of the molecule is [B]C#CC(C)=C(C)C. The molecule has 0 aliphatic heterocycles. The van der Waals surface area contributed by atoms with Crippen LogP contribution in [0.3, 0.4) is 0 Å². The van der Waals surface area contributed by atoms with E-state index < -0.39 is 0 Å². The van der Waals surface area contributed by atoms with Gasteiger partial charge in [-0.05, 0) is 26.3 Å². The Morgan fingerprint density at radius 2 is 1.75 bits per heavy atom. The van der Waals surface area contributed by atoms with E-state index in [1.165, 1.54) is 5.57 Å². The maximum Gasteiger partial charge on any atom is 0.188 e. The van der Waals surface area contributed by atoms with Crippen molar-refractivity contribution in [3.8, 4) is 11.7 Å². The summed E-state index contributed by atoms with van der Waals surface area (Å²) in [6, 6.07) is 0. The molecule has 0 spiro atoms. The Balaban J connectivity index is 4.16. The topological polar surface area (TPSA) is 0 Å². The maximum absolute atomic E-state index is 4.97. The van der Waals surface area contributed by atoms with Crippen LogP contribution >= 0.6 is 0 Å². The van der Waals surface area contributed by atoms with Gasteiger partial charge in [-0.15, -0.1) is 0 Å². The molecular weight excluding hydrogens is 94.9 g/mol. The maximum atomic E-state index is 4.97. The van der Waals surface area contributed by atoms with Crippen LogP contribution in [0.25, 0.3) is 0 Å². The van der Waals surface area contributed by atoms with Gasteiger partial charge in [0.05, 0.1) is 0 Å². The van der Waals surface area contributed by atoms with Crippen LogP contribution in [-0.2, 0) is 0 Å². The van der Waals surface area contributed by atoms with Crippen molar-refractivity contribution in [3.63, 3.8) is 0 Å². The average molecular weight is 104 g/mol. The molecule has 0 aliphatic carbocycles. The number of hydrogen-bond donors (Lipinski definition) is 0. The van der Waals surface area contributed by atoms with Gasteiger partial charge in [-0.3, -0.25) is 0 Å². The third kappa shape index (κ3) is 2.52. The summed E-state index contributed by atoms with van der Waals surface area (Å²) < 4.78 is 0. The molecule has 2 radical (unpaired) electrons. The van der Waals surface area contributed by atoms with Crippen LogP contribution in [0, 0.1) is 11.7 Å². The Morgan fingerprint density at radius 1 is 1.25 bits per heavy atom. The van der Waals surface area contributed by atoms with Crippen molar-refractivity contribution in [3.05, 3.63) is 11.1 Å². The van der Waals surface area contributed by atoms with E-state index in [0.29, 0.717) is 0 Å². The third-order valence-electron chi connectivity index (χ3n) is 1.01. The minimum absolute atomic E-state index is 1.06. The molecule has 0 rings (SSSR count). The first kappa shape index (κ1) is 7.36. The molecule has 0 heterocycles. The summed E-state index contributed by atoms with van der Waals surface area (Å²) in [5.41, 5.74) is 2.29. The Hall–Kier alpha value is -0.635. The molecule has 0 fully saturated rings. The normalized spacial score (nSPS) is 6.88. The van der Waals surface area contributed by atoms with Crippen LogP contribution in [0.5, 0.6) is 0 Å². The lowest BCUT2D eigenvalue weighted by molar-refractivity contribution is 1.31. The smallest absolute Gasteiger partial charge is 0.167 e.